The van der Waals surface area contributed by atoms with Crippen molar-refractivity contribution in [3.63, 3.8) is 0 Å². The quantitative estimate of drug-likeness (QED) is 0.586. The fourth-order valence-corrected chi connectivity index (χ4v) is 4.03. The fourth-order valence-electron chi connectivity index (χ4n) is 4.03. The second-order valence-corrected chi connectivity index (χ2v) is 5.36. The number of carbonyl (C=O) groups is 2. The lowest BCUT2D eigenvalue weighted by atomic mass is 9.66. The SMILES string of the molecule is CC1CC(=O)C2C(C1=O)[C@@H]1CC[C@H]2C1. The van der Waals surface area contributed by atoms with Crippen LogP contribution in [0.2, 0.25) is 0 Å². The Labute approximate surface area is 84.1 Å². The first-order valence-electron chi connectivity index (χ1n) is 5.75. The van der Waals surface area contributed by atoms with Crippen molar-refractivity contribution in [1.29, 1.82) is 0 Å². The summed E-state index contributed by atoms with van der Waals surface area (Å²) < 4.78 is 0. The number of Topliss-reactive ketones (excluding diaryl/α,β-unsaturated/α-hetero) is 2. The highest BCUT2D eigenvalue weighted by Crippen LogP contribution is 2.55. The summed E-state index contributed by atoms with van der Waals surface area (Å²) in [5.41, 5.74) is 0. The highest BCUT2D eigenvalue weighted by molar-refractivity contribution is 5.98. The molecule has 0 aromatic rings. The summed E-state index contributed by atoms with van der Waals surface area (Å²) in [4.78, 5) is 23.9. The zero-order valence-corrected chi connectivity index (χ0v) is 8.53. The van der Waals surface area contributed by atoms with E-state index in [2.05, 4.69) is 0 Å². The van der Waals surface area contributed by atoms with Crippen LogP contribution in [0.3, 0.4) is 0 Å². The largest absolute Gasteiger partial charge is 0.299 e. The fraction of sp³-hybridized carbons (Fsp3) is 0.833. The maximum absolute atomic E-state index is 12.0. The Morgan fingerprint density at radius 3 is 2.43 bits per heavy atom. The molecule has 2 nitrogen and oxygen atoms in total. The Hall–Kier alpha value is -0.660. The van der Waals surface area contributed by atoms with Gasteiger partial charge >= 0.3 is 0 Å². The summed E-state index contributed by atoms with van der Waals surface area (Å²) in [7, 11) is 0. The molecule has 3 rings (SSSR count). The van der Waals surface area contributed by atoms with E-state index < -0.39 is 0 Å². The second kappa shape index (κ2) is 2.68. The van der Waals surface area contributed by atoms with Crippen molar-refractivity contribution < 1.29 is 9.59 Å². The third kappa shape index (κ3) is 0.918. The van der Waals surface area contributed by atoms with Crippen molar-refractivity contribution in [1.82, 2.24) is 0 Å². The molecule has 3 unspecified atom stereocenters. The van der Waals surface area contributed by atoms with E-state index in [-0.39, 0.29) is 17.8 Å². The third-order valence-electron chi connectivity index (χ3n) is 4.61. The van der Waals surface area contributed by atoms with E-state index in [1.54, 1.807) is 0 Å². The van der Waals surface area contributed by atoms with Gasteiger partial charge in [-0.2, -0.15) is 0 Å². The van der Waals surface area contributed by atoms with E-state index in [9.17, 15) is 9.59 Å². The normalized spacial score (nSPS) is 51.1. The Morgan fingerprint density at radius 1 is 1.07 bits per heavy atom. The van der Waals surface area contributed by atoms with Gasteiger partial charge in [-0.25, -0.2) is 0 Å². The van der Waals surface area contributed by atoms with Crippen LogP contribution in [0.15, 0.2) is 0 Å². The first kappa shape index (κ1) is 8.63. The van der Waals surface area contributed by atoms with Gasteiger partial charge in [-0.05, 0) is 31.1 Å². The lowest BCUT2D eigenvalue weighted by Crippen LogP contribution is -2.43. The van der Waals surface area contributed by atoms with Crippen LogP contribution in [0.1, 0.15) is 32.6 Å². The van der Waals surface area contributed by atoms with Gasteiger partial charge in [0.25, 0.3) is 0 Å². The summed E-state index contributed by atoms with van der Waals surface area (Å²) in [6, 6.07) is 0. The predicted molar refractivity (Wildman–Crippen MR) is 51.6 cm³/mol. The van der Waals surface area contributed by atoms with Crippen LogP contribution in [0.5, 0.6) is 0 Å². The number of hydrogen-bond acceptors (Lipinski definition) is 2. The summed E-state index contributed by atoms with van der Waals surface area (Å²) in [5, 5.41) is 0. The van der Waals surface area contributed by atoms with Crippen LogP contribution in [-0.4, -0.2) is 11.6 Å². The standard InChI is InChI=1S/C12H16O2/c1-6-4-9(13)10-7-2-3-8(5-7)11(10)12(6)14/h6-8,10-11H,2-5H2,1H3/t6?,7-,8+,10?,11?/m0/s1. The van der Waals surface area contributed by atoms with Crippen LogP contribution in [0.25, 0.3) is 0 Å². The number of carbonyl (C=O) groups excluding carboxylic acids is 2. The van der Waals surface area contributed by atoms with Crippen LogP contribution < -0.4 is 0 Å². The second-order valence-electron chi connectivity index (χ2n) is 5.36. The average molecular weight is 192 g/mol. The van der Waals surface area contributed by atoms with Gasteiger partial charge in [0.15, 0.2) is 0 Å². The van der Waals surface area contributed by atoms with Crippen molar-refractivity contribution in [3.8, 4) is 0 Å². The first-order valence-corrected chi connectivity index (χ1v) is 5.75. The maximum Gasteiger partial charge on any atom is 0.140 e. The van der Waals surface area contributed by atoms with Gasteiger partial charge < -0.3 is 0 Å². The van der Waals surface area contributed by atoms with Gasteiger partial charge in [-0.15, -0.1) is 0 Å². The summed E-state index contributed by atoms with van der Waals surface area (Å²) in [6.45, 7) is 1.92. The Kier molecular flexibility index (Phi) is 1.65. The van der Waals surface area contributed by atoms with Crippen LogP contribution in [0, 0.1) is 29.6 Å². The third-order valence-corrected chi connectivity index (χ3v) is 4.61. The molecular weight excluding hydrogens is 176 g/mol. The molecule has 0 N–H and O–H groups in total. The smallest absolute Gasteiger partial charge is 0.140 e. The predicted octanol–water partition coefficient (Wildman–Crippen LogP) is 1.83. The lowest BCUT2D eigenvalue weighted by Gasteiger charge is -2.35. The molecular formula is C12H16O2. The Bertz CT molecular complexity index is 307. The van der Waals surface area contributed by atoms with Crippen molar-refractivity contribution in [2.45, 2.75) is 32.6 Å². The topological polar surface area (TPSA) is 34.1 Å². The molecule has 0 aromatic heterocycles. The molecule has 0 aromatic carbocycles. The average Bonchev–Trinajstić information content (AvgIpc) is 2.73. The molecule has 76 valence electrons. The van der Waals surface area contributed by atoms with Gasteiger partial charge in [0.1, 0.15) is 11.6 Å². The zero-order valence-electron chi connectivity index (χ0n) is 8.53. The molecule has 2 bridgehead atoms. The minimum Gasteiger partial charge on any atom is -0.299 e. The molecule has 14 heavy (non-hydrogen) atoms. The molecule has 3 fully saturated rings. The van der Waals surface area contributed by atoms with Crippen LogP contribution in [0.4, 0.5) is 0 Å². The molecule has 0 aliphatic heterocycles. The van der Waals surface area contributed by atoms with Gasteiger partial charge in [0.05, 0.1) is 0 Å². The number of fused-ring (bicyclic) bond motifs is 5. The van der Waals surface area contributed by atoms with Gasteiger partial charge in [-0.1, -0.05) is 6.92 Å². The molecule has 5 atom stereocenters. The van der Waals surface area contributed by atoms with Crippen LogP contribution >= 0.6 is 0 Å². The van der Waals surface area contributed by atoms with E-state index in [1.807, 2.05) is 6.92 Å². The van der Waals surface area contributed by atoms with E-state index in [0.717, 1.165) is 6.42 Å². The zero-order chi connectivity index (χ0) is 9.87. The van der Waals surface area contributed by atoms with E-state index in [1.165, 1.54) is 12.8 Å². The molecule has 3 aliphatic rings. The van der Waals surface area contributed by atoms with Crippen molar-refractivity contribution in [2.24, 2.45) is 29.6 Å². The van der Waals surface area contributed by atoms with E-state index in [0.29, 0.717) is 29.8 Å². The molecule has 0 radical (unpaired) electrons. The van der Waals surface area contributed by atoms with Crippen LogP contribution in [-0.2, 0) is 9.59 Å². The lowest BCUT2D eigenvalue weighted by molar-refractivity contribution is -0.143. The Balaban J connectivity index is 1.97. The van der Waals surface area contributed by atoms with Gasteiger partial charge in [-0.3, -0.25) is 9.59 Å². The number of hydrogen-bond donors (Lipinski definition) is 0. The summed E-state index contributed by atoms with van der Waals surface area (Å²) in [6.07, 6.45) is 4.06. The molecule has 0 saturated heterocycles. The molecule has 3 aliphatic carbocycles. The number of rotatable bonds is 0. The monoisotopic (exact) mass is 192 g/mol. The van der Waals surface area contributed by atoms with E-state index >= 15 is 0 Å². The van der Waals surface area contributed by atoms with E-state index in [4.69, 9.17) is 0 Å². The highest BCUT2D eigenvalue weighted by atomic mass is 16.1. The Morgan fingerprint density at radius 2 is 1.71 bits per heavy atom. The van der Waals surface area contributed by atoms with Crippen molar-refractivity contribution >= 4 is 11.6 Å². The highest BCUT2D eigenvalue weighted by Gasteiger charge is 2.56. The number of ketones is 2. The molecule has 3 saturated carbocycles. The summed E-state index contributed by atoms with van der Waals surface area (Å²) >= 11 is 0. The minimum absolute atomic E-state index is 0.00287. The minimum atomic E-state index is 0.00287. The molecule has 0 amide bonds. The molecule has 0 heterocycles. The molecule has 2 heteroatoms. The summed E-state index contributed by atoms with van der Waals surface area (Å²) in [5.74, 6) is 2.17. The van der Waals surface area contributed by atoms with Gasteiger partial charge in [0.2, 0.25) is 0 Å². The maximum atomic E-state index is 12.0. The first-order chi connectivity index (χ1) is 6.68. The van der Waals surface area contributed by atoms with Crippen molar-refractivity contribution in [3.05, 3.63) is 0 Å². The van der Waals surface area contributed by atoms with Gasteiger partial charge in [0, 0.05) is 24.2 Å². The van der Waals surface area contributed by atoms with Crippen molar-refractivity contribution in [2.75, 3.05) is 0 Å². The molecule has 0 spiro atoms.